The van der Waals surface area contributed by atoms with Gasteiger partial charge >= 0.3 is 0 Å². The molecule has 1 heterocycles. The Balaban J connectivity index is 2.16. The maximum Gasteiger partial charge on any atom is 0.258 e. The highest BCUT2D eigenvalue weighted by Crippen LogP contribution is 2.43. The van der Waals surface area contributed by atoms with Gasteiger partial charge in [0, 0.05) is 11.7 Å². The number of hydrogen-bond donors (Lipinski definition) is 1. The number of anilines is 1. The summed E-state index contributed by atoms with van der Waals surface area (Å²) in [4.78, 5) is 15.6. The predicted molar refractivity (Wildman–Crippen MR) is 108 cm³/mol. The normalized spacial score (nSPS) is 20.4. The van der Waals surface area contributed by atoms with Gasteiger partial charge in [-0.3, -0.25) is 4.79 Å². The fraction of sp³-hybridized carbons (Fsp3) is 0.435. The van der Waals surface area contributed by atoms with Crippen molar-refractivity contribution in [3.63, 3.8) is 0 Å². The van der Waals surface area contributed by atoms with E-state index in [4.69, 9.17) is 0 Å². The quantitative estimate of drug-likeness (QED) is 0.641. The minimum atomic E-state index is -0.489. The number of amides is 1. The number of nitrogens with zero attached hydrogens (tertiary/aromatic N) is 1. The lowest BCUT2D eigenvalue weighted by Gasteiger charge is -2.51. The third-order valence-corrected chi connectivity index (χ3v) is 5.55. The maximum atomic E-state index is 13.5. The van der Waals surface area contributed by atoms with Gasteiger partial charge in [0.25, 0.3) is 5.91 Å². The third-order valence-electron chi connectivity index (χ3n) is 5.55. The molecule has 0 bridgehead atoms. The highest BCUT2D eigenvalue weighted by atomic mass is 16.2. The van der Waals surface area contributed by atoms with Crippen LogP contribution in [0.3, 0.4) is 0 Å². The van der Waals surface area contributed by atoms with E-state index in [9.17, 15) is 4.79 Å². The number of hydrogen-bond acceptors (Lipinski definition) is 2. The first kappa shape index (κ1) is 18.5. The van der Waals surface area contributed by atoms with E-state index in [0.29, 0.717) is 0 Å². The monoisotopic (exact) mass is 350 g/mol. The Bertz CT molecular complexity index is 743. The van der Waals surface area contributed by atoms with Crippen LogP contribution in [0.4, 0.5) is 5.69 Å². The van der Waals surface area contributed by atoms with Crippen molar-refractivity contribution < 1.29 is 4.79 Å². The van der Waals surface area contributed by atoms with Crippen LogP contribution in [-0.2, 0) is 5.66 Å². The minimum Gasteiger partial charge on any atom is -0.358 e. The number of rotatable bonds is 7. The second kappa shape index (κ2) is 7.94. The fourth-order valence-corrected chi connectivity index (χ4v) is 4.01. The largest absolute Gasteiger partial charge is 0.358 e. The van der Waals surface area contributed by atoms with E-state index >= 15 is 0 Å². The summed E-state index contributed by atoms with van der Waals surface area (Å²) in [5.41, 5.74) is 2.39. The van der Waals surface area contributed by atoms with Crippen LogP contribution in [0.1, 0.15) is 68.8 Å². The fourth-order valence-electron chi connectivity index (χ4n) is 4.01. The van der Waals surface area contributed by atoms with Gasteiger partial charge in [-0.2, -0.15) is 0 Å². The van der Waals surface area contributed by atoms with Crippen LogP contribution in [0, 0.1) is 0 Å². The molecule has 2 atom stereocenters. The van der Waals surface area contributed by atoms with Gasteiger partial charge in [-0.15, -0.1) is 0 Å². The van der Waals surface area contributed by atoms with Gasteiger partial charge in [-0.1, -0.05) is 69.2 Å². The smallest absolute Gasteiger partial charge is 0.258 e. The molecule has 0 saturated carbocycles. The average molecular weight is 351 g/mol. The molecule has 0 aliphatic carbocycles. The summed E-state index contributed by atoms with van der Waals surface area (Å²) >= 11 is 0. The zero-order chi connectivity index (χ0) is 18.6. The molecule has 0 spiro atoms. The highest BCUT2D eigenvalue weighted by molar-refractivity contribution is 6.02. The van der Waals surface area contributed by atoms with Crippen molar-refractivity contribution in [2.45, 2.75) is 64.6 Å². The molecule has 1 aliphatic heterocycles. The summed E-state index contributed by atoms with van der Waals surface area (Å²) in [5, 5.41) is 3.79. The first-order chi connectivity index (χ1) is 12.6. The Kier molecular flexibility index (Phi) is 5.65. The summed E-state index contributed by atoms with van der Waals surface area (Å²) < 4.78 is 0. The summed E-state index contributed by atoms with van der Waals surface area (Å²) in [6, 6.07) is 18.5. The molecule has 2 aromatic rings. The first-order valence-electron chi connectivity index (χ1n) is 9.90. The lowest BCUT2D eigenvalue weighted by atomic mass is 9.86. The van der Waals surface area contributed by atoms with Crippen molar-refractivity contribution in [2.24, 2.45) is 0 Å². The number of carbonyl (C=O) groups is 1. The lowest BCUT2D eigenvalue weighted by Crippen LogP contribution is -2.60. The Hall–Kier alpha value is -2.29. The van der Waals surface area contributed by atoms with Crippen LogP contribution in [-0.4, -0.2) is 16.8 Å². The molecule has 0 saturated heterocycles. The van der Waals surface area contributed by atoms with Crippen LogP contribution >= 0.6 is 0 Å². The van der Waals surface area contributed by atoms with E-state index < -0.39 is 5.66 Å². The maximum absolute atomic E-state index is 13.5. The molecule has 2 unspecified atom stereocenters. The van der Waals surface area contributed by atoms with Gasteiger partial charge in [-0.05, 0) is 43.9 Å². The molecular formula is C23H30N2O. The molecule has 0 radical (unpaired) electrons. The molecule has 1 N–H and O–H groups in total. The summed E-state index contributed by atoms with van der Waals surface area (Å²) in [6.07, 6.45) is 5.26. The number of fused-ring (bicyclic) bond motifs is 1. The Labute approximate surface area is 157 Å². The second-order valence-electron chi connectivity index (χ2n) is 7.29. The Morgan fingerprint density at radius 2 is 1.69 bits per heavy atom. The first-order valence-corrected chi connectivity index (χ1v) is 9.90. The molecule has 0 fully saturated rings. The molecular weight excluding hydrogens is 320 g/mol. The zero-order valence-corrected chi connectivity index (χ0v) is 16.2. The predicted octanol–water partition coefficient (Wildman–Crippen LogP) is 5.79. The standard InChI is InChI=1S/C23H30N2O/c1-4-6-12-17-23(19-13-8-7-9-14-19)24-21-16-11-10-15-20(21)22(26)25(23)18(3)5-2/h7-11,13-16,18,24H,4-6,12,17H2,1-3H3. The molecule has 1 amide bonds. The number of benzene rings is 2. The van der Waals surface area contributed by atoms with Crippen molar-refractivity contribution in [3.8, 4) is 0 Å². The van der Waals surface area contributed by atoms with Crippen molar-refractivity contribution in [1.82, 2.24) is 4.90 Å². The van der Waals surface area contributed by atoms with Crippen LogP contribution in [0.25, 0.3) is 0 Å². The Morgan fingerprint density at radius 3 is 2.38 bits per heavy atom. The van der Waals surface area contributed by atoms with Gasteiger partial charge < -0.3 is 10.2 Å². The summed E-state index contributed by atoms with van der Waals surface area (Å²) in [7, 11) is 0. The SMILES string of the molecule is CCCCCC1(c2ccccc2)Nc2ccccc2C(=O)N1C(C)CC. The van der Waals surface area contributed by atoms with E-state index in [-0.39, 0.29) is 11.9 Å². The van der Waals surface area contributed by atoms with Gasteiger partial charge in [0.05, 0.1) is 5.56 Å². The number of para-hydroxylation sites is 1. The van der Waals surface area contributed by atoms with Gasteiger partial charge in [0.1, 0.15) is 5.66 Å². The van der Waals surface area contributed by atoms with Crippen LogP contribution < -0.4 is 5.32 Å². The summed E-state index contributed by atoms with van der Waals surface area (Å²) in [5.74, 6) is 0.133. The second-order valence-corrected chi connectivity index (χ2v) is 7.29. The van der Waals surface area contributed by atoms with Crippen molar-refractivity contribution >= 4 is 11.6 Å². The van der Waals surface area contributed by atoms with Crippen LogP contribution in [0.5, 0.6) is 0 Å². The van der Waals surface area contributed by atoms with E-state index in [0.717, 1.165) is 30.5 Å². The van der Waals surface area contributed by atoms with Crippen LogP contribution in [0.15, 0.2) is 54.6 Å². The third kappa shape index (κ3) is 3.23. The van der Waals surface area contributed by atoms with Crippen LogP contribution in [0.2, 0.25) is 0 Å². The molecule has 0 aromatic heterocycles. The number of carbonyl (C=O) groups excluding carboxylic acids is 1. The molecule has 3 heteroatoms. The van der Waals surface area contributed by atoms with E-state index in [1.807, 2.05) is 30.3 Å². The van der Waals surface area contributed by atoms with Crippen molar-refractivity contribution in [2.75, 3.05) is 5.32 Å². The number of nitrogens with one attached hydrogen (secondary N) is 1. The van der Waals surface area contributed by atoms with E-state index in [1.54, 1.807) is 0 Å². The lowest BCUT2D eigenvalue weighted by molar-refractivity contribution is 0.0312. The highest BCUT2D eigenvalue weighted by Gasteiger charge is 2.47. The molecule has 138 valence electrons. The van der Waals surface area contributed by atoms with Crippen molar-refractivity contribution in [1.29, 1.82) is 0 Å². The molecule has 2 aromatic carbocycles. The van der Waals surface area contributed by atoms with Crippen molar-refractivity contribution in [3.05, 3.63) is 65.7 Å². The Morgan fingerprint density at radius 1 is 1.00 bits per heavy atom. The molecule has 3 rings (SSSR count). The zero-order valence-electron chi connectivity index (χ0n) is 16.2. The van der Waals surface area contributed by atoms with Gasteiger partial charge in [-0.25, -0.2) is 0 Å². The molecule has 26 heavy (non-hydrogen) atoms. The molecule has 1 aliphatic rings. The van der Waals surface area contributed by atoms with Gasteiger partial charge in [0.15, 0.2) is 0 Å². The summed E-state index contributed by atoms with van der Waals surface area (Å²) in [6.45, 7) is 6.53. The van der Waals surface area contributed by atoms with E-state index in [1.165, 1.54) is 18.4 Å². The number of unbranched alkanes of at least 4 members (excludes halogenated alkanes) is 2. The average Bonchev–Trinajstić information content (AvgIpc) is 2.68. The van der Waals surface area contributed by atoms with Gasteiger partial charge in [0.2, 0.25) is 0 Å². The topological polar surface area (TPSA) is 32.3 Å². The molecule has 3 nitrogen and oxygen atoms in total. The van der Waals surface area contributed by atoms with E-state index in [2.05, 4.69) is 55.3 Å². The minimum absolute atomic E-state index is 0.133.